The van der Waals surface area contributed by atoms with Crippen LogP contribution in [0.5, 0.6) is 0 Å². The minimum absolute atomic E-state index is 0.174. The van der Waals surface area contributed by atoms with Gasteiger partial charge in [-0.1, -0.05) is 0 Å². The first kappa shape index (κ1) is 11.5. The Labute approximate surface area is 107 Å². The Hall–Kier alpha value is -1.58. The Balaban J connectivity index is 1.77. The second-order valence-electron chi connectivity index (χ2n) is 5.60. The molecule has 4 nitrogen and oxygen atoms in total. The molecule has 0 unspecified atom stereocenters. The van der Waals surface area contributed by atoms with Crippen molar-refractivity contribution in [3.8, 4) is 0 Å². The van der Waals surface area contributed by atoms with Crippen molar-refractivity contribution in [2.24, 2.45) is 11.8 Å². The third-order valence-corrected chi connectivity index (χ3v) is 4.00. The van der Waals surface area contributed by atoms with Crippen LogP contribution in [-0.4, -0.2) is 11.0 Å². The Kier molecular flexibility index (Phi) is 2.73. The monoisotopic (exact) mass is 246 g/mol. The molecule has 0 saturated heterocycles. The molecule has 1 aromatic rings. The lowest BCUT2D eigenvalue weighted by Gasteiger charge is -2.20. The molecule has 18 heavy (non-hydrogen) atoms. The van der Waals surface area contributed by atoms with Gasteiger partial charge in [-0.2, -0.15) is 0 Å². The number of nitro benzene ring substituents is 1. The maximum absolute atomic E-state index is 10.7. The van der Waals surface area contributed by atoms with Gasteiger partial charge in [0, 0.05) is 23.9 Å². The SMILES string of the molecule is Cc1cc([N+](=O)[O-])ccc1NC(C1CC1)C1CC1. The maximum Gasteiger partial charge on any atom is 0.269 e. The molecular formula is C14H18N2O2. The molecule has 0 radical (unpaired) electrons. The first-order valence-electron chi connectivity index (χ1n) is 6.67. The van der Waals surface area contributed by atoms with Crippen LogP contribution in [0.4, 0.5) is 11.4 Å². The van der Waals surface area contributed by atoms with Gasteiger partial charge in [0.1, 0.15) is 0 Å². The van der Waals surface area contributed by atoms with E-state index >= 15 is 0 Å². The number of non-ortho nitro benzene ring substituents is 1. The van der Waals surface area contributed by atoms with E-state index in [0.717, 1.165) is 23.1 Å². The number of benzene rings is 1. The summed E-state index contributed by atoms with van der Waals surface area (Å²) in [5.41, 5.74) is 2.20. The van der Waals surface area contributed by atoms with E-state index in [1.165, 1.54) is 25.7 Å². The molecule has 4 heteroatoms. The summed E-state index contributed by atoms with van der Waals surface area (Å²) in [4.78, 5) is 10.4. The molecule has 0 atom stereocenters. The summed E-state index contributed by atoms with van der Waals surface area (Å²) in [6.07, 6.45) is 5.33. The smallest absolute Gasteiger partial charge is 0.269 e. The van der Waals surface area contributed by atoms with Gasteiger partial charge in [-0.05, 0) is 56.1 Å². The van der Waals surface area contributed by atoms with Crippen LogP contribution in [0.3, 0.4) is 0 Å². The van der Waals surface area contributed by atoms with Crippen molar-refractivity contribution in [1.82, 2.24) is 0 Å². The quantitative estimate of drug-likeness (QED) is 0.639. The van der Waals surface area contributed by atoms with Gasteiger partial charge in [0.15, 0.2) is 0 Å². The van der Waals surface area contributed by atoms with Gasteiger partial charge in [-0.15, -0.1) is 0 Å². The van der Waals surface area contributed by atoms with Crippen LogP contribution < -0.4 is 5.32 Å². The fraction of sp³-hybridized carbons (Fsp3) is 0.571. The lowest BCUT2D eigenvalue weighted by Crippen LogP contribution is -2.24. The van der Waals surface area contributed by atoms with Crippen molar-refractivity contribution >= 4 is 11.4 Å². The third kappa shape index (κ3) is 2.33. The fourth-order valence-corrected chi connectivity index (χ4v) is 2.63. The van der Waals surface area contributed by atoms with E-state index in [0.29, 0.717) is 6.04 Å². The Morgan fingerprint density at radius 3 is 2.33 bits per heavy atom. The standard InChI is InChI=1S/C14H18N2O2/c1-9-8-12(16(17)18)6-7-13(9)15-14(10-2-3-10)11-4-5-11/h6-8,10-11,14-15H,2-5H2,1H3. The predicted molar refractivity (Wildman–Crippen MR) is 70.7 cm³/mol. The number of aryl methyl sites for hydroxylation is 1. The first-order valence-corrected chi connectivity index (χ1v) is 6.67. The van der Waals surface area contributed by atoms with Crippen LogP contribution in [-0.2, 0) is 0 Å². The molecule has 3 rings (SSSR count). The number of hydrogen-bond acceptors (Lipinski definition) is 3. The number of nitrogens with one attached hydrogen (secondary N) is 1. The number of nitro groups is 1. The van der Waals surface area contributed by atoms with Crippen LogP contribution in [0.1, 0.15) is 31.2 Å². The minimum atomic E-state index is -0.337. The van der Waals surface area contributed by atoms with Crippen molar-refractivity contribution in [3.63, 3.8) is 0 Å². The van der Waals surface area contributed by atoms with Crippen molar-refractivity contribution in [2.75, 3.05) is 5.32 Å². The maximum atomic E-state index is 10.7. The molecule has 0 amide bonds. The zero-order valence-electron chi connectivity index (χ0n) is 10.6. The predicted octanol–water partition coefficient (Wildman–Crippen LogP) is 3.50. The highest BCUT2D eigenvalue weighted by molar-refractivity contribution is 5.56. The fourth-order valence-electron chi connectivity index (χ4n) is 2.63. The van der Waals surface area contributed by atoms with Crippen LogP contribution >= 0.6 is 0 Å². The highest BCUT2D eigenvalue weighted by atomic mass is 16.6. The van der Waals surface area contributed by atoms with Crippen molar-refractivity contribution in [3.05, 3.63) is 33.9 Å². The molecule has 1 N–H and O–H groups in total. The molecule has 2 saturated carbocycles. The van der Waals surface area contributed by atoms with E-state index in [1.54, 1.807) is 12.1 Å². The zero-order valence-corrected chi connectivity index (χ0v) is 10.6. The van der Waals surface area contributed by atoms with Crippen molar-refractivity contribution < 1.29 is 4.92 Å². The van der Waals surface area contributed by atoms with Crippen molar-refractivity contribution in [2.45, 2.75) is 38.6 Å². The molecule has 2 aliphatic rings. The average molecular weight is 246 g/mol. The van der Waals surface area contributed by atoms with E-state index in [4.69, 9.17) is 0 Å². The summed E-state index contributed by atoms with van der Waals surface area (Å²) in [5, 5.41) is 14.3. The molecule has 0 heterocycles. The van der Waals surface area contributed by atoms with Gasteiger partial charge in [0.05, 0.1) is 4.92 Å². The van der Waals surface area contributed by atoms with Gasteiger partial charge in [-0.3, -0.25) is 10.1 Å². The second kappa shape index (κ2) is 4.26. The molecule has 0 spiro atoms. The first-order chi connectivity index (χ1) is 8.65. The van der Waals surface area contributed by atoms with Gasteiger partial charge in [-0.25, -0.2) is 0 Å². The lowest BCUT2D eigenvalue weighted by molar-refractivity contribution is -0.384. The molecule has 1 aromatic carbocycles. The van der Waals surface area contributed by atoms with Crippen LogP contribution in [0, 0.1) is 28.9 Å². The van der Waals surface area contributed by atoms with E-state index in [1.807, 2.05) is 13.0 Å². The number of rotatable bonds is 5. The zero-order chi connectivity index (χ0) is 12.7. The largest absolute Gasteiger partial charge is 0.382 e. The summed E-state index contributed by atoms with van der Waals surface area (Å²) in [6.45, 7) is 1.94. The molecule has 0 bridgehead atoms. The van der Waals surface area contributed by atoms with Crippen LogP contribution in [0.15, 0.2) is 18.2 Å². The molecular weight excluding hydrogens is 228 g/mol. The van der Waals surface area contributed by atoms with E-state index in [-0.39, 0.29) is 10.6 Å². The molecule has 0 aromatic heterocycles. The molecule has 2 aliphatic carbocycles. The number of nitrogens with zero attached hydrogens (tertiary/aromatic N) is 1. The van der Waals surface area contributed by atoms with Crippen molar-refractivity contribution in [1.29, 1.82) is 0 Å². The van der Waals surface area contributed by atoms with E-state index in [9.17, 15) is 10.1 Å². The minimum Gasteiger partial charge on any atom is -0.382 e. The topological polar surface area (TPSA) is 55.2 Å². The highest BCUT2D eigenvalue weighted by Crippen LogP contribution is 2.46. The summed E-state index contributed by atoms with van der Waals surface area (Å²) < 4.78 is 0. The summed E-state index contributed by atoms with van der Waals surface area (Å²) in [6, 6.07) is 5.68. The summed E-state index contributed by atoms with van der Waals surface area (Å²) in [5.74, 6) is 1.65. The Morgan fingerprint density at radius 1 is 1.28 bits per heavy atom. The lowest BCUT2D eigenvalue weighted by atomic mass is 10.1. The number of hydrogen-bond donors (Lipinski definition) is 1. The molecule has 2 fully saturated rings. The summed E-state index contributed by atoms with van der Waals surface area (Å²) >= 11 is 0. The Bertz CT molecular complexity index is 467. The van der Waals surface area contributed by atoms with Gasteiger partial charge < -0.3 is 5.32 Å². The van der Waals surface area contributed by atoms with Gasteiger partial charge >= 0.3 is 0 Å². The van der Waals surface area contributed by atoms with Gasteiger partial charge in [0.25, 0.3) is 5.69 Å². The summed E-state index contributed by atoms with van der Waals surface area (Å²) in [7, 11) is 0. The highest BCUT2D eigenvalue weighted by Gasteiger charge is 2.41. The normalized spacial score (nSPS) is 19.0. The third-order valence-electron chi connectivity index (χ3n) is 4.00. The average Bonchev–Trinajstić information content (AvgIpc) is 3.19. The number of anilines is 1. The molecule has 96 valence electrons. The van der Waals surface area contributed by atoms with Crippen LogP contribution in [0.25, 0.3) is 0 Å². The van der Waals surface area contributed by atoms with Gasteiger partial charge in [0.2, 0.25) is 0 Å². The van der Waals surface area contributed by atoms with Crippen LogP contribution in [0.2, 0.25) is 0 Å². The Morgan fingerprint density at radius 2 is 1.89 bits per heavy atom. The van der Waals surface area contributed by atoms with E-state index < -0.39 is 0 Å². The second-order valence-corrected chi connectivity index (χ2v) is 5.60. The van der Waals surface area contributed by atoms with E-state index in [2.05, 4.69) is 5.32 Å². The molecule has 0 aliphatic heterocycles.